The second-order valence-corrected chi connectivity index (χ2v) is 7.04. The summed E-state index contributed by atoms with van der Waals surface area (Å²) in [7, 11) is 0. The SMILES string of the molecule is CC(C)(C)C1C(O)C(NCc2ccccc2)CCN1C(=O)O. The van der Waals surface area contributed by atoms with Crippen molar-refractivity contribution in [3.05, 3.63) is 35.9 Å². The quantitative estimate of drug-likeness (QED) is 0.801. The van der Waals surface area contributed by atoms with Gasteiger partial charge in [0.15, 0.2) is 0 Å². The second kappa shape index (κ2) is 6.67. The van der Waals surface area contributed by atoms with Gasteiger partial charge in [0.1, 0.15) is 0 Å². The van der Waals surface area contributed by atoms with E-state index < -0.39 is 18.2 Å². The number of hydrogen-bond acceptors (Lipinski definition) is 3. The van der Waals surface area contributed by atoms with Crippen molar-refractivity contribution in [1.82, 2.24) is 10.2 Å². The predicted molar refractivity (Wildman–Crippen MR) is 85.7 cm³/mol. The molecule has 3 unspecified atom stereocenters. The first-order valence-electron chi connectivity index (χ1n) is 7.75. The molecule has 5 nitrogen and oxygen atoms in total. The molecule has 1 aromatic rings. The number of amides is 1. The number of aliphatic hydroxyl groups excluding tert-OH is 1. The van der Waals surface area contributed by atoms with E-state index in [1.165, 1.54) is 4.90 Å². The van der Waals surface area contributed by atoms with Crippen LogP contribution in [-0.2, 0) is 6.54 Å². The fourth-order valence-corrected chi connectivity index (χ4v) is 3.25. The molecule has 1 aliphatic heterocycles. The van der Waals surface area contributed by atoms with Crippen LogP contribution in [0.4, 0.5) is 4.79 Å². The monoisotopic (exact) mass is 306 g/mol. The Kier molecular flexibility index (Phi) is 5.08. The average molecular weight is 306 g/mol. The highest BCUT2D eigenvalue weighted by atomic mass is 16.4. The Labute approximate surface area is 131 Å². The Morgan fingerprint density at radius 3 is 2.50 bits per heavy atom. The minimum atomic E-state index is -0.958. The molecule has 3 N–H and O–H groups in total. The number of carbonyl (C=O) groups is 1. The molecule has 1 fully saturated rings. The Bertz CT molecular complexity index is 498. The van der Waals surface area contributed by atoms with Crippen molar-refractivity contribution >= 4 is 6.09 Å². The number of benzene rings is 1. The lowest BCUT2D eigenvalue weighted by Gasteiger charge is -2.48. The zero-order chi connectivity index (χ0) is 16.3. The van der Waals surface area contributed by atoms with E-state index in [0.717, 1.165) is 5.56 Å². The molecule has 5 heteroatoms. The lowest BCUT2D eigenvalue weighted by Crippen LogP contribution is -2.63. The summed E-state index contributed by atoms with van der Waals surface area (Å²) in [5, 5.41) is 23.5. The van der Waals surface area contributed by atoms with Crippen molar-refractivity contribution in [2.45, 2.75) is 51.9 Å². The van der Waals surface area contributed by atoms with E-state index in [4.69, 9.17) is 0 Å². The Morgan fingerprint density at radius 2 is 1.95 bits per heavy atom. The topological polar surface area (TPSA) is 72.8 Å². The summed E-state index contributed by atoms with van der Waals surface area (Å²) in [6.45, 7) is 7.02. The standard InChI is InChI=1S/C17H26N2O3/c1-17(2,3)15-14(20)13(9-10-19(15)16(21)22)18-11-12-7-5-4-6-8-12/h4-8,13-15,18,20H,9-11H2,1-3H3,(H,21,22). The number of rotatable bonds is 3. The molecule has 1 aliphatic rings. The fourth-order valence-electron chi connectivity index (χ4n) is 3.25. The zero-order valence-corrected chi connectivity index (χ0v) is 13.5. The number of hydrogen-bond donors (Lipinski definition) is 3. The van der Waals surface area contributed by atoms with Gasteiger partial charge in [-0.15, -0.1) is 0 Å². The summed E-state index contributed by atoms with van der Waals surface area (Å²) in [4.78, 5) is 12.8. The first-order chi connectivity index (χ1) is 10.3. The Balaban J connectivity index is 2.07. The molecule has 0 saturated carbocycles. The summed E-state index contributed by atoms with van der Waals surface area (Å²) < 4.78 is 0. The first kappa shape index (κ1) is 16.8. The van der Waals surface area contributed by atoms with Crippen LogP contribution in [0, 0.1) is 5.41 Å². The molecule has 3 atom stereocenters. The molecule has 122 valence electrons. The number of aliphatic hydroxyl groups is 1. The molecule has 1 aromatic carbocycles. The zero-order valence-electron chi connectivity index (χ0n) is 13.5. The van der Waals surface area contributed by atoms with Crippen LogP contribution in [0.2, 0.25) is 0 Å². The van der Waals surface area contributed by atoms with Gasteiger partial charge in [0.2, 0.25) is 0 Å². The molecule has 1 amide bonds. The molecule has 22 heavy (non-hydrogen) atoms. The van der Waals surface area contributed by atoms with Crippen molar-refractivity contribution in [3.8, 4) is 0 Å². The van der Waals surface area contributed by atoms with Crippen LogP contribution in [0.25, 0.3) is 0 Å². The van der Waals surface area contributed by atoms with Gasteiger partial charge in [-0.05, 0) is 17.4 Å². The smallest absolute Gasteiger partial charge is 0.407 e. The van der Waals surface area contributed by atoms with Crippen molar-refractivity contribution in [2.75, 3.05) is 6.54 Å². The molecule has 1 saturated heterocycles. The number of nitrogens with one attached hydrogen (secondary N) is 1. The van der Waals surface area contributed by atoms with E-state index >= 15 is 0 Å². The Hall–Kier alpha value is -1.59. The summed E-state index contributed by atoms with van der Waals surface area (Å²) in [5.74, 6) is 0. The maximum Gasteiger partial charge on any atom is 0.407 e. The molecule has 0 aromatic heterocycles. The van der Waals surface area contributed by atoms with Gasteiger partial charge >= 0.3 is 6.09 Å². The van der Waals surface area contributed by atoms with Crippen molar-refractivity contribution in [2.24, 2.45) is 5.41 Å². The summed E-state index contributed by atoms with van der Waals surface area (Å²) in [6, 6.07) is 9.50. The van der Waals surface area contributed by atoms with Crippen LogP contribution in [0.5, 0.6) is 0 Å². The minimum Gasteiger partial charge on any atom is -0.465 e. The maximum atomic E-state index is 11.4. The number of piperidine rings is 1. The van der Waals surface area contributed by atoms with Gasteiger partial charge in [-0.1, -0.05) is 51.1 Å². The van der Waals surface area contributed by atoms with E-state index in [-0.39, 0.29) is 11.5 Å². The van der Waals surface area contributed by atoms with Gasteiger partial charge in [-0.2, -0.15) is 0 Å². The van der Waals surface area contributed by atoms with Gasteiger partial charge in [0.25, 0.3) is 0 Å². The minimum absolute atomic E-state index is 0.0972. The van der Waals surface area contributed by atoms with E-state index in [1.807, 2.05) is 51.1 Å². The molecular weight excluding hydrogens is 280 g/mol. The normalized spacial score (nSPS) is 26.0. The summed E-state index contributed by atoms with van der Waals surface area (Å²) >= 11 is 0. The molecule has 0 aliphatic carbocycles. The highest BCUT2D eigenvalue weighted by Gasteiger charge is 2.45. The lowest BCUT2D eigenvalue weighted by atomic mass is 9.77. The van der Waals surface area contributed by atoms with E-state index in [9.17, 15) is 15.0 Å². The van der Waals surface area contributed by atoms with Gasteiger partial charge in [0, 0.05) is 19.1 Å². The van der Waals surface area contributed by atoms with Gasteiger partial charge in [0.05, 0.1) is 12.1 Å². The third-order valence-corrected chi connectivity index (χ3v) is 4.30. The van der Waals surface area contributed by atoms with E-state index in [0.29, 0.717) is 19.5 Å². The van der Waals surface area contributed by atoms with Crippen LogP contribution in [0.1, 0.15) is 32.8 Å². The molecule has 0 spiro atoms. The molecular formula is C17H26N2O3. The fraction of sp³-hybridized carbons (Fsp3) is 0.588. The van der Waals surface area contributed by atoms with Crippen LogP contribution in [-0.4, -0.2) is 45.9 Å². The van der Waals surface area contributed by atoms with Gasteiger partial charge < -0.3 is 20.4 Å². The highest BCUT2D eigenvalue weighted by Crippen LogP contribution is 2.32. The van der Waals surface area contributed by atoms with Crippen LogP contribution < -0.4 is 5.32 Å². The van der Waals surface area contributed by atoms with Crippen LogP contribution in [0.15, 0.2) is 30.3 Å². The van der Waals surface area contributed by atoms with Gasteiger partial charge in [-0.25, -0.2) is 4.79 Å². The Morgan fingerprint density at radius 1 is 1.32 bits per heavy atom. The second-order valence-electron chi connectivity index (χ2n) is 7.04. The molecule has 2 rings (SSSR count). The maximum absolute atomic E-state index is 11.4. The molecule has 0 bridgehead atoms. The first-order valence-corrected chi connectivity index (χ1v) is 7.75. The van der Waals surface area contributed by atoms with Gasteiger partial charge in [-0.3, -0.25) is 0 Å². The van der Waals surface area contributed by atoms with Crippen molar-refractivity contribution in [3.63, 3.8) is 0 Å². The average Bonchev–Trinajstić information content (AvgIpc) is 2.45. The number of nitrogens with zero attached hydrogens (tertiary/aromatic N) is 1. The third-order valence-electron chi connectivity index (χ3n) is 4.30. The largest absolute Gasteiger partial charge is 0.465 e. The number of carboxylic acid groups (broad SMARTS) is 1. The highest BCUT2D eigenvalue weighted by molar-refractivity contribution is 5.66. The summed E-state index contributed by atoms with van der Waals surface area (Å²) in [6.07, 6.45) is -1.05. The van der Waals surface area contributed by atoms with Crippen LogP contribution in [0.3, 0.4) is 0 Å². The van der Waals surface area contributed by atoms with E-state index in [2.05, 4.69) is 5.32 Å². The predicted octanol–water partition coefficient (Wildman–Crippen LogP) is 2.30. The molecule has 1 heterocycles. The number of likely N-dealkylation sites (tertiary alicyclic amines) is 1. The van der Waals surface area contributed by atoms with Crippen molar-refractivity contribution in [1.29, 1.82) is 0 Å². The van der Waals surface area contributed by atoms with Crippen molar-refractivity contribution < 1.29 is 15.0 Å². The van der Waals surface area contributed by atoms with E-state index in [1.54, 1.807) is 0 Å². The third kappa shape index (κ3) is 3.78. The molecule has 0 radical (unpaired) electrons. The lowest BCUT2D eigenvalue weighted by molar-refractivity contribution is -0.0490. The summed E-state index contributed by atoms with van der Waals surface area (Å²) in [5.41, 5.74) is 0.841. The van der Waals surface area contributed by atoms with Crippen LogP contribution >= 0.6 is 0 Å².